The average molecular weight is 343 g/mol. The van der Waals surface area contributed by atoms with E-state index in [1.165, 1.54) is 10.9 Å². The molecule has 0 unspecified atom stereocenters. The molecule has 0 fully saturated rings. The first kappa shape index (κ1) is 14.6. The maximum Gasteiger partial charge on any atom is 0.358 e. The van der Waals surface area contributed by atoms with Gasteiger partial charge in [0.15, 0.2) is 5.69 Å². The predicted octanol–water partition coefficient (Wildman–Crippen LogP) is 2.12. The number of carbonyl (C=O) groups excluding carboxylic acids is 1. The number of carbonyl (C=O) groups is 2. The summed E-state index contributed by atoms with van der Waals surface area (Å²) in [6.45, 7) is 3.47. The molecular weight excluding hydrogens is 328 g/mol. The summed E-state index contributed by atoms with van der Waals surface area (Å²) in [5.74, 6) is -1.16. The molecular formula is C12H15BrN4O3. The first-order chi connectivity index (χ1) is 9.51. The highest BCUT2D eigenvalue weighted by Crippen LogP contribution is 2.18. The van der Waals surface area contributed by atoms with Crippen LogP contribution in [-0.2, 0) is 6.54 Å². The van der Waals surface area contributed by atoms with Crippen LogP contribution >= 0.6 is 15.9 Å². The monoisotopic (exact) mass is 342 g/mol. The van der Waals surface area contributed by atoms with Gasteiger partial charge in [-0.15, -0.1) is 0 Å². The number of hydrogen-bond donors (Lipinski definition) is 2. The molecule has 1 aliphatic heterocycles. The van der Waals surface area contributed by atoms with Crippen molar-refractivity contribution >= 4 is 33.6 Å². The second-order valence-corrected chi connectivity index (χ2v) is 5.35. The van der Waals surface area contributed by atoms with E-state index in [0.717, 1.165) is 10.9 Å². The molecule has 7 nitrogen and oxygen atoms in total. The fraction of sp³-hybridized carbons (Fsp3) is 0.417. The van der Waals surface area contributed by atoms with Crippen molar-refractivity contribution in [3.05, 3.63) is 22.4 Å². The summed E-state index contributed by atoms with van der Waals surface area (Å²) in [7, 11) is 0. The van der Waals surface area contributed by atoms with Gasteiger partial charge >= 0.3 is 12.0 Å². The van der Waals surface area contributed by atoms with Crippen LogP contribution in [-0.4, -0.2) is 44.9 Å². The molecule has 8 heteroatoms. The summed E-state index contributed by atoms with van der Waals surface area (Å²) in [6.07, 6.45) is 4.20. The number of aromatic carboxylic acids is 1. The molecule has 0 bridgehead atoms. The SMILES string of the molecule is CCn1cc(NC(=O)N2CC=C(Br)CC2)c(C(=O)O)n1. The number of anilines is 1. The van der Waals surface area contributed by atoms with E-state index >= 15 is 0 Å². The number of carboxylic acid groups (broad SMARTS) is 1. The Labute approximate surface area is 124 Å². The third-order valence-corrected chi connectivity index (χ3v) is 3.69. The highest BCUT2D eigenvalue weighted by molar-refractivity contribution is 9.11. The number of halogens is 1. The molecule has 0 aliphatic carbocycles. The third kappa shape index (κ3) is 3.19. The molecule has 108 valence electrons. The molecule has 2 rings (SSSR count). The molecule has 0 atom stereocenters. The molecule has 0 saturated carbocycles. The van der Waals surface area contributed by atoms with Crippen molar-refractivity contribution in [1.29, 1.82) is 0 Å². The second kappa shape index (κ2) is 6.08. The largest absolute Gasteiger partial charge is 0.476 e. The van der Waals surface area contributed by atoms with Crippen molar-refractivity contribution in [3.8, 4) is 0 Å². The maximum absolute atomic E-state index is 12.1. The zero-order chi connectivity index (χ0) is 14.7. The molecule has 0 aromatic carbocycles. The van der Waals surface area contributed by atoms with Crippen LogP contribution in [0.5, 0.6) is 0 Å². The van der Waals surface area contributed by atoms with Crippen LogP contribution in [0.15, 0.2) is 16.8 Å². The van der Waals surface area contributed by atoms with Gasteiger partial charge in [-0.1, -0.05) is 22.0 Å². The van der Waals surface area contributed by atoms with Crippen LogP contribution in [0.25, 0.3) is 0 Å². The van der Waals surface area contributed by atoms with Crippen molar-refractivity contribution < 1.29 is 14.7 Å². The normalized spacial score (nSPS) is 14.9. The number of carboxylic acids is 1. The molecule has 2 N–H and O–H groups in total. The molecule has 0 spiro atoms. The van der Waals surface area contributed by atoms with Crippen molar-refractivity contribution in [3.63, 3.8) is 0 Å². The minimum atomic E-state index is -1.16. The second-order valence-electron chi connectivity index (χ2n) is 4.33. The Bertz CT molecular complexity index is 567. The van der Waals surface area contributed by atoms with E-state index in [2.05, 4.69) is 26.3 Å². The Morgan fingerprint density at radius 2 is 2.30 bits per heavy atom. The molecule has 2 amide bonds. The fourth-order valence-electron chi connectivity index (χ4n) is 1.86. The Balaban J connectivity index is 2.11. The number of amides is 2. The van der Waals surface area contributed by atoms with E-state index in [0.29, 0.717) is 19.6 Å². The highest BCUT2D eigenvalue weighted by Gasteiger charge is 2.21. The zero-order valence-electron chi connectivity index (χ0n) is 11.0. The van der Waals surface area contributed by atoms with E-state index in [1.807, 2.05) is 13.0 Å². The Hall–Kier alpha value is -1.83. The topological polar surface area (TPSA) is 87.5 Å². The molecule has 20 heavy (non-hydrogen) atoms. The third-order valence-electron chi connectivity index (χ3n) is 2.97. The lowest BCUT2D eigenvalue weighted by molar-refractivity contribution is 0.0690. The quantitative estimate of drug-likeness (QED) is 0.880. The van der Waals surface area contributed by atoms with Gasteiger partial charge < -0.3 is 15.3 Å². The van der Waals surface area contributed by atoms with Crippen LogP contribution in [0.3, 0.4) is 0 Å². The van der Waals surface area contributed by atoms with Crippen molar-refractivity contribution in [2.45, 2.75) is 19.9 Å². The molecule has 1 aliphatic rings. The van der Waals surface area contributed by atoms with Crippen LogP contribution in [0.1, 0.15) is 23.8 Å². The maximum atomic E-state index is 12.1. The molecule has 1 aromatic rings. The van der Waals surface area contributed by atoms with Crippen LogP contribution in [0.2, 0.25) is 0 Å². The summed E-state index contributed by atoms with van der Waals surface area (Å²) in [5.41, 5.74) is 0.0758. The number of hydrogen-bond acceptors (Lipinski definition) is 3. The lowest BCUT2D eigenvalue weighted by Gasteiger charge is -2.24. The number of nitrogens with one attached hydrogen (secondary N) is 1. The number of urea groups is 1. The minimum Gasteiger partial charge on any atom is -0.476 e. The van der Waals surface area contributed by atoms with Gasteiger partial charge in [-0.3, -0.25) is 4.68 Å². The minimum absolute atomic E-state index is 0.145. The van der Waals surface area contributed by atoms with E-state index < -0.39 is 5.97 Å². The summed E-state index contributed by atoms with van der Waals surface area (Å²) < 4.78 is 2.55. The van der Waals surface area contributed by atoms with Gasteiger partial charge in [0.1, 0.15) is 0 Å². The lowest BCUT2D eigenvalue weighted by atomic mass is 10.2. The van der Waals surface area contributed by atoms with Crippen LogP contribution in [0.4, 0.5) is 10.5 Å². The van der Waals surface area contributed by atoms with Gasteiger partial charge in [-0.05, 0) is 17.8 Å². The summed E-state index contributed by atoms with van der Waals surface area (Å²) >= 11 is 3.39. The smallest absolute Gasteiger partial charge is 0.358 e. The molecule has 0 saturated heterocycles. The van der Waals surface area contributed by atoms with E-state index in [-0.39, 0.29) is 17.4 Å². The first-order valence-electron chi connectivity index (χ1n) is 6.22. The van der Waals surface area contributed by atoms with E-state index in [9.17, 15) is 9.59 Å². The lowest BCUT2D eigenvalue weighted by Crippen LogP contribution is -2.37. The van der Waals surface area contributed by atoms with Crippen LogP contribution < -0.4 is 5.32 Å². The Morgan fingerprint density at radius 3 is 2.85 bits per heavy atom. The highest BCUT2D eigenvalue weighted by atomic mass is 79.9. The summed E-state index contributed by atoms with van der Waals surface area (Å²) in [6, 6.07) is -0.320. The van der Waals surface area contributed by atoms with Crippen molar-refractivity contribution in [2.75, 3.05) is 18.4 Å². The standard InChI is InChI=1S/C12H15BrN4O3/c1-2-17-7-9(10(15-17)11(18)19)14-12(20)16-5-3-8(13)4-6-16/h3,7H,2,4-6H2,1H3,(H,14,20)(H,18,19). The van der Waals surface area contributed by atoms with Crippen molar-refractivity contribution in [1.82, 2.24) is 14.7 Å². The Morgan fingerprint density at radius 1 is 1.55 bits per heavy atom. The average Bonchev–Trinajstić information content (AvgIpc) is 2.82. The summed E-state index contributed by atoms with van der Waals surface area (Å²) in [5, 5.41) is 15.6. The zero-order valence-corrected chi connectivity index (χ0v) is 12.6. The van der Waals surface area contributed by atoms with Gasteiger partial charge in [-0.25, -0.2) is 9.59 Å². The molecule has 2 heterocycles. The van der Waals surface area contributed by atoms with Crippen molar-refractivity contribution in [2.24, 2.45) is 0 Å². The van der Waals surface area contributed by atoms with Crippen LogP contribution in [0, 0.1) is 0 Å². The first-order valence-corrected chi connectivity index (χ1v) is 7.01. The van der Waals surface area contributed by atoms with E-state index in [4.69, 9.17) is 5.11 Å². The Kier molecular flexibility index (Phi) is 4.43. The van der Waals surface area contributed by atoms with Gasteiger partial charge in [0.25, 0.3) is 0 Å². The summed E-state index contributed by atoms with van der Waals surface area (Å²) in [4.78, 5) is 24.8. The number of aryl methyl sites for hydroxylation is 1. The van der Waals surface area contributed by atoms with E-state index in [1.54, 1.807) is 4.90 Å². The number of aromatic nitrogens is 2. The van der Waals surface area contributed by atoms with Gasteiger partial charge in [0.05, 0.1) is 5.69 Å². The van der Waals surface area contributed by atoms with Gasteiger partial charge in [0.2, 0.25) is 0 Å². The molecule has 1 aromatic heterocycles. The molecule has 0 radical (unpaired) electrons. The predicted molar refractivity (Wildman–Crippen MR) is 77.1 cm³/mol. The van der Waals surface area contributed by atoms with Gasteiger partial charge in [-0.2, -0.15) is 5.10 Å². The number of nitrogens with zero attached hydrogens (tertiary/aromatic N) is 3. The number of rotatable bonds is 3. The van der Waals surface area contributed by atoms with Gasteiger partial charge in [0, 0.05) is 25.8 Å². The fourth-order valence-corrected chi connectivity index (χ4v) is 2.18.